The van der Waals surface area contributed by atoms with E-state index in [0.29, 0.717) is 5.92 Å². The summed E-state index contributed by atoms with van der Waals surface area (Å²) in [6.45, 7) is 0. The SMILES string of the molecule is COC1CCCC(O)(CC2CCCc3ccccc32)C1. The molecule has 1 aromatic carbocycles. The molecule has 0 aromatic heterocycles. The van der Waals surface area contributed by atoms with Gasteiger partial charge < -0.3 is 9.84 Å². The summed E-state index contributed by atoms with van der Waals surface area (Å²) in [7, 11) is 1.77. The van der Waals surface area contributed by atoms with Crippen LogP contribution in [0.3, 0.4) is 0 Å². The van der Waals surface area contributed by atoms with E-state index < -0.39 is 5.60 Å². The Kier molecular flexibility index (Phi) is 4.13. The summed E-state index contributed by atoms with van der Waals surface area (Å²) in [5.74, 6) is 0.528. The van der Waals surface area contributed by atoms with Gasteiger partial charge in [0.1, 0.15) is 0 Å². The molecule has 110 valence electrons. The number of hydrogen-bond acceptors (Lipinski definition) is 2. The molecule has 2 heteroatoms. The average molecular weight is 274 g/mol. The summed E-state index contributed by atoms with van der Waals surface area (Å²) < 4.78 is 5.49. The van der Waals surface area contributed by atoms with Gasteiger partial charge >= 0.3 is 0 Å². The molecule has 2 aliphatic carbocycles. The van der Waals surface area contributed by atoms with E-state index in [4.69, 9.17) is 4.74 Å². The van der Waals surface area contributed by atoms with Gasteiger partial charge in [-0.2, -0.15) is 0 Å². The van der Waals surface area contributed by atoms with Crippen LogP contribution < -0.4 is 0 Å². The lowest BCUT2D eigenvalue weighted by molar-refractivity contribution is -0.0675. The summed E-state index contributed by atoms with van der Waals surface area (Å²) in [4.78, 5) is 0. The zero-order chi connectivity index (χ0) is 14.0. The van der Waals surface area contributed by atoms with Gasteiger partial charge in [0.25, 0.3) is 0 Å². The van der Waals surface area contributed by atoms with Crippen molar-refractivity contribution in [2.45, 2.75) is 69.0 Å². The van der Waals surface area contributed by atoms with Gasteiger partial charge in [-0.3, -0.25) is 0 Å². The molecule has 2 aliphatic rings. The molecule has 0 radical (unpaired) electrons. The molecule has 2 nitrogen and oxygen atoms in total. The Hall–Kier alpha value is -0.860. The van der Waals surface area contributed by atoms with Gasteiger partial charge in [-0.25, -0.2) is 0 Å². The number of fused-ring (bicyclic) bond motifs is 1. The van der Waals surface area contributed by atoms with Crippen LogP contribution in [0.4, 0.5) is 0 Å². The maximum absolute atomic E-state index is 11.0. The van der Waals surface area contributed by atoms with Crippen LogP contribution in [-0.4, -0.2) is 23.9 Å². The Morgan fingerprint density at radius 3 is 2.95 bits per heavy atom. The Balaban J connectivity index is 1.75. The van der Waals surface area contributed by atoms with Crippen molar-refractivity contribution < 1.29 is 9.84 Å². The zero-order valence-corrected chi connectivity index (χ0v) is 12.5. The molecule has 20 heavy (non-hydrogen) atoms. The maximum Gasteiger partial charge on any atom is 0.0678 e. The van der Waals surface area contributed by atoms with Crippen molar-refractivity contribution in [3.8, 4) is 0 Å². The van der Waals surface area contributed by atoms with Gasteiger partial charge in [-0.1, -0.05) is 24.3 Å². The van der Waals surface area contributed by atoms with E-state index in [9.17, 15) is 5.11 Å². The minimum Gasteiger partial charge on any atom is -0.390 e. The van der Waals surface area contributed by atoms with E-state index in [1.807, 2.05) is 0 Å². The van der Waals surface area contributed by atoms with E-state index in [1.165, 1.54) is 30.4 Å². The van der Waals surface area contributed by atoms with Crippen molar-refractivity contribution in [1.82, 2.24) is 0 Å². The van der Waals surface area contributed by atoms with E-state index in [1.54, 1.807) is 7.11 Å². The van der Waals surface area contributed by atoms with Crippen LogP contribution in [-0.2, 0) is 11.2 Å². The number of rotatable bonds is 3. The molecule has 1 saturated carbocycles. The molecule has 3 unspecified atom stereocenters. The third kappa shape index (κ3) is 2.91. The summed E-state index contributed by atoms with van der Waals surface area (Å²) in [6.07, 6.45) is 8.75. The van der Waals surface area contributed by atoms with Crippen LogP contribution in [0.5, 0.6) is 0 Å². The Morgan fingerprint density at radius 1 is 1.25 bits per heavy atom. The molecular formula is C18H26O2. The molecule has 0 aliphatic heterocycles. The van der Waals surface area contributed by atoms with Gasteiger partial charge in [0.05, 0.1) is 11.7 Å². The van der Waals surface area contributed by atoms with Crippen LogP contribution in [0.15, 0.2) is 24.3 Å². The molecule has 0 bridgehead atoms. The number of aliphatic hydroxyl groups is 1. The number of methoxy groups -OCH3 is 1. The van der Waals surface area contributed by atoms with Crippen LogP contribution in [0.2, 0.25) is 0 Å². The largest absolute Gasteiger partial charge is 0.390 e. The summed E-state index contributed by atoms with van der Waals surface area (Å²) in [5.41, 5.74) is 2.45. The minimum atomic E-state index is -0.520. The first kappa shape index (κ1) is 14.1. The van der Waals surface area contributed by atoms with E-state index in [0.717, 1.165) is 32.1 Å². The van der Waals surface area contributed by atoms with Crippen LogP contribution in [0.25, 0.3) is 0 Å². The molecular weight excluding hydrogens is 248 g/mol. The van der Waals surface area contributed by atoms with Crippen molar-refractivity contribution in [3.63, 3.8) is 0 Å². The number of hydrogen-bond donors (Lipinski definition) is 1. The Labute approximate surface area is 122 Å². The fraction of sp³-hybridized carbons (Fsp3) is 0.667. The van der Waals surface area contributed by atoms with Gasteiger partial charge in [0.2, 0.25) is 0 Å². The van der Waals surface area contributed by atoms with Crippen molar-refractivity contribution in [1.29, 1.82) is 0 Å². The second-order valence-corrected chi connectivity index (χ2v) is 6.67. The summed E-state index contributed by atoms with van der Waals surface area (Å²) in [6, 6.07) is 8.79. The van der Waals surface area contributed by atoms with Crippen LogP contribution >= 0.6 is 0 Å². The van der Waals surface area contributed by atoms with Crippen LogP contribution in [0, 0.1) is 0 Å². The standard InChI is InChI=1S/C18H26O2/c1-20-16-9-5-11-18(19,13-16)12-15-8-4-7-14-6-2-3-10-17(14)15/h2-3,6,10,15-16,19H,4-5,7-9,11-13H2,1H3. The highest BCUT2D eigenvalue weighted by Gasteiger charge is 2.37. The highest BCUT2D eigenvalue weighted by molar-refractivity contribution is 5.32. The molecule has 0 amide bonds. The van der Waals surface area contributed by atoms with Gasteiger partial charge in [-0.05, 0) is 62.0 Å². The Morgan fingerprint density at radius 2 is 2.10 bits per heavy atom. The third-order valence-corrected chi connectivity index (χ3v) is 5.23. The molecule has 0 spiro atoms. The first-order valence-electron chi connectivity index (χ1n) is 8.03. The minimum absolute atomic E-state index is 0.243. The van der Waals surface area contributed by atoms with E-state index in [2.05, 4.69) is 24.3 Å². The number of aryl methyl sites for hydroxylation is 1. The fourth-order valence-corrected chi connectivity index (χ4v) is 4.20. The van der Waals surface area contributed by atoms with E-state index in [-0.39, 0.29) is 6.10 Å². The van der Waals surface area contributed by atoms with Gasteiger partial charge in [-0.15, -0.1) is 0 Å². The molecule has 1 aromatic rings. The second-order valence-electron chi connectivity index (χ2n) is 6.67. The third-order valence-electron chi connectivity index (χ3n) is 5.23. The molecule has 3 rings (SSSR count). The second kappa shape index (κ2) is 5.87. The van der Waals surface area contributed by atoms with E-state index >= 15 is 0 Å². The number of benzene rings is 1. The predicted molar refractivity (Wildman–Crippen MR) is 81.0 cm³/mol. The summed E-state index contributed by atoms with van der Waals surface area (Å²) in [5, 5.41) is 11.0. The van der Waals surface area contributed by atoms with Crippen molar-refractivity contribution in [2.24, 2.45) is 0 Å². The molecule has 3 atom stereocenters. The fourth-order valence-electron chi connectivity index (χ4n) is 4.20. The maximum atomic E-state index is 11.0. The van der Waals surface area contributed by atoms with Gasteiger partial charge in [0.15, 0.2) is 0 Å². The lowest BCUT2D eigenvalue weighted by atomic mass is 9.72. The highest BCUT2D eigenvalue weighted by Crippen LogP contribution is 2.42. The first-order chi connectivity index (χ1) is 9.70. The lowest BCUT2D eigenvalue weighted by Crippen LogP contribution is -2.39. The topological polar surface area (TPSA) is 29.5 Å². The average Bonchev–Trinajstić information content (AvgIpc) is 2.47. The quantitative estimate of drug-likeness (QED) is 0.908. The Bertz CT molecular complexity index is 456. The zero-order valence-electron chi connectivity index (χ0n) is 12.5. The predicted octanol–water partition coefficient (Wildman–Crippen LogP) is 3.82. The summed E-state index contributed by atoms with van der Waals surface area (Å²) >= 11 is 0. The molecule has 0 heterocycles. The van der Waals surface area contributed by atoms with Crippen molar-refractivity contribution in [2.75, 3.05) is 7.11 Å². The smallest absolute Gasteiger partial charge is 0.0678 e. The van der Waals surface area contributed by atoms with Crippen LogP contribution in [0.1, 0.15) is 62.0 Å². The number of ether oxygens (including phenoxy) is 1. The van der Waals surface area contributed by atoms with Crippen molar-refractivity contribution in [3.05, 3.63) is 35.4 Å². The van der Waals surface area contributed by atoms with Gasteiger partial charge in [0, 0.05) is 13.5 Å². The normalized spacial score (nSPS) is 33.7. The first-order valence-corrected chi connectivity index (χ1v) is 8.03. The molecule has 1 fully saturated rings. The monoisotopic (exact) mass is 274 g/mol. The molecule has 0 saturated heterocycles. The molecule has 1 N–H and O–H groups in total. The highest BCUT2D eigenvalue weighted by atomic mass is 16.5. The lowest BCUT2D eigenvalue weighted by Gasteiger charge is -2.39. The van der Waals surface area contributed by atoms with Crippen molar-refractivity contribution >= 4 is 0 Å².